The number of rotatable bonds is 9. The van der Waals surface area contributed by atoms with E-state index in [1.807, 2.05) is 18.5 Å². The molecule has 0 radical (unpaired) electrons. The van der Waals surface area contributed by atoms with Crippen molar-refractivity contribution in [3.05, 3.63) is 77.6 Å². The van der Waals surface area contributed by atoms with E-state index in [0.29, 0.717) is 34.7 Å². The highest BCUT2D eigenvalue weighted by atomic mass is 32.2. The number of nitrogens with one attached hydrogen (secondary N) is 1. The van der Waals surface area contributed by atoms with Crippen LogP contribution in [0.15, 0.2) is 59.8 Å². The fraction of sp³-hybridized carbons (Fsp3) is 0.227. The molecule has 9 heteroatoms. The van der Waals surface area contributed by atoms with E-state index in [1.54, 1.807) is 30.3 Å². The highest BCUT2D eigenvalue weighted by Gasteiger charge is 2.16. The predicted molar refractivity (Wildman–Crippen MR) is 116 cm³/mol. The van der Waals surface area contributed by atoms with Crippen molar-refractivity contribution in [2.24, 2.45) is 7.05 Å². The Labute approximate surface area is 183 Å². The molecule has 1 aromatic heterocycles. The summed E-state index contributed by atoms with van der Waals surface area (Å²) in [5.41, 5.74) is 0.600. The zero-order valence-corrected chi connectivity index (χ0v) is 17.9. The maximum atomic E-state index is 13.2. The molecule has 2 aromatic carbocycles. The average Bonchev–Trinajstić information content (AvgIpc) is 3.11. The summed E-state index contributed by atoms with van der Waals surface area (Å²) in [7, 11) is 1.82. The van der Waals surface area contributed by atoms with Gasteiger partial charge in [0.1, 0.15) is 17.4 Å². The third-order valence-corrected chi connectivity index (χ3v) is 5.27. The number of amides is 1. The maximum Gasteiger partial charge on any atom is 0.244 e. The van der Waals surface area contributed by atoms with Gasteiger partial charge < -0.3 is 14.6 Å². The van der Waals surface area contributed by atoms with Crippen LogP contribution in [0.3, 0.4) is 0 Å². The zero-order chi connectivity index (χ0) is 22.2. The second-order valence-electron chi connectivity index (χ2n) is 6.67. The molecule has 162 valence electrons. The van der Waals surface area contributed by atoms with Gasteiger partial charge in [0.2, 0.25) is 5.91 Å². The molecule has 3 rings (SSSR count). The van der Waals surface area contributed by atoms with Crippen LogP contribution in [-0.2, 0) is 11.8 Å². The summed E-state index contributed by atoms with van der Waals surface area (Å²) in [6, 6.07) is 11.5. The molecule has 1 unspecified atom stereocenters. The van der Waals surface area contributed by atoms with Gasteiger partial charge in [-0.2, -0.15) is 0 Å². The first kappa shape index (κ1) is 22.5. The second-order valence-corrected chi connectivity index (χ2v) is 7.73. The van der Waals surface area contributed by atoms with E-state index in [-0.39, 0.29) is 23.6 Å². The van der Waals surface area contributed by atoms with E-state index in [0.717, 1.165) is 0 Å². The Bertz CT molecular complexity index is 1050. The van der Waals surface area contributed by atoms with E-state index in [1.165, 1.54) is 42.1 Å². The summed E-state index contributed by atoms with van der Waals surface area (Å²) < 4.78 is 33.5. The molecule has 1 N–H and O–H groups in total. The van der Waals surface area contributed by atoms with Crippen LogP contribution in [0, 0.1) is 11.6 Å². The number of carbonyl (C=O) groups excluding carboxylic acids is 1. The summed E-state index contributed by atoms with van der Waals surface area (Å²) in [5, 5.41) is 11.8. The van der Waals surface area contributed by atoms with Crippen LogP contribution < -0.4 is 10.1 Å². The lowest BCUT2D eigenvalue weighted by atomic mass is 10.2. The molecule has 0 saturated carbocycles. The third kappa shape index (κ3) is 6.65. The Balaban J connectivity index is 1.48. The summed E-state index contributed by atoms with van der Waals surface area (Å²) >= 11 is 1.46. The largest absolute Gasteiger partial charge is 0.493 e. The van der Waals surface area contributed by atoms with Gasteiger partial charge >= 0.3 is 0 Å². The second kappa shape index (κ2) is 10.7. The Hall–Kier alpha value is -3.20. The normalized spacial score (nSPS) is 12.1. The van der Waals surface area contributed by atoms with Gasteiger partial charge in [-0.15, -0.1) is 10.2 Å². The molecule has 0 fully saturated rings. The Morgan fingerprint density at radius 3 is 2.71 bits per heavy atom. The minimum atomic E-state index is -0.369. The molecular formula is C22H22F2N4O2S. The van der Waals surface area contributed by atoms with Crippen LogP contribution in [-0.4, -0.2) is 33.0 Å². The lowest BCUT2D eigenvalue weighted by Gasteiger charge is -2.12. The smallest absolute Gasteiger partial charge is 0.244 e. The lowest BCUT2D eigenvalue weighted by molar-refractivity contribution is -0.117. The first-order valence-corrected chi connectivity index (χ1v) is 10.6. The van der Waals surface area contributed by atoms with Gasteiger partial charge in [0, 0.05) is 18.9 Å². The Morgan fingerprint density at radius 2 is 1.97 bits per heavy atom. The molecule has 0 aliphatic heterocycles. The summed E-state index contributed by atoms with van der Waals surface area (Å²) in [6.07, 6.45) is 2.90. The summed E-state index contributed by atoms with van der Waals surface area (Å²) in [6.45, 7) is 2.24. The van der Waals surface area contributed by atoms with Crippen molar-refractivity contribution in [3.8, 4) is 5.75 Å². The Morgan fingerprint density at radius 1 is 1.19 bits per heavy atom. The number of hydrogen-bond acceptors (Lipinski definition) is 5. The summed E-state index contributed by atoms with van der Waals surface area (Å²) in [4.78, 5) is 12.2. The highest BCUT2D eigenvalue weighted by Crippen LogP contribution is 2.19. The van der Waals surface area contributed by atoms with Gasteiger partial charge in [-0.1, -0.05) is 23.9 Å². The van der Waals surface area contributed by atoms with Crippen molar-refractivity contribution in [1.82, 2.24) is 20.1 Å². The van der Waals surface area contributed by atoms with Crippen LogP contribution >= 0.6 is 11.8 Å². The van der Waals surface area contributed by atoms with Crippen molar-refractivity contribution in [2.75, 3.05) is 12.4 Å². The maximum absolute atomic E-state index is 13.2. The number of ether oxygens (including phenoxy) is 1. The van der Waals surface area contributed by atoms with Gasteiger partial charge in [0.15, 0.2) is 11.0 Å². The minimum Gasteiger partial charge on any atom is -0.493 e. The zero-order valence-electron chi connectivity index (χ0n) is 17.1. The SMILES string of the molecule is CC(NC(=O)/C=C/c1cccc(F)c1)c1nnc(SCCOc2ccc(F)cc2)n1C. The van der Waals surface area contributed by atoms with Crippen molar-refractivity contribution < 1.29 is 18.3 Å². The van der Waals surface area contributed by atoms with Gasteiger partial charge in [-0.25, -0.2) is 8.78 Å². The Kier molecular flexibility index (Phi) is 7.77. The lowest BCUT2D eigenvalue weighted by Crippen LogP contribution is -2.26. The molecule has 0 spiro atoms. The van der Waals surface area contributed by atoms with Crippen LogP contribution in [0.1, 0.15) is 24.4 Å². The molecule has 0 saturated heterocycles. The number of nitrogens with zero attached hydrogens (tertiary/aromatic N) is 3. The topological polar surface area (TPSA) is 69.0 Å². The number of benzene rings is 2. The fourth-order valence-corrected chi connectivity index (χ4v) is 3.50. The molecule has 31 heavy (non-hydrogen) atoms. The molecule has 1 atom stereocenters. The van der Waals surface area contributed by atoms with Gasteiger partial charge in [-0.3, -0.25) is 4.79 Å². The van der Waals surface area contributed by atoms with E-state index in [2.05, 4.69) is 15.5 Å². The molecule has 0 aliphatic carbocycles. The molecule has 3 aromatic rings. The van der Waals surface area contributed by atoms with Crippen LogP contribution in [0.5, 0.6) is 5.75 Å². The number of halogens is 2. The van der Waals surface area contributed by atoms with Crippen LogP contribution in [0.2, 0.25) is 0 Å². The number of thioether (sulfide) groups is 1. The monoisotopic (exact) mass is 444 g/mol. The highest BCUT2D eigenvalue weighted by molar-refractivity contribution is 7.99. The van der Waals surface area contributed by atoms with Crippen molar-refractivity contribution in [3.63, 3.8) is 0 Å². The molecule has 6 nitrogen and oxygen atoms in total. The van der Waals surface area contributed by atoms with Crippen LogP contribution in [0.25, 0.3) is 6.08 Å². The molecule has 0 bridgehead atoms. The van der Waals surface area contributed by atoms with Crippen molar-refractivity contribution >= 4 is 23.7 Å². The minimum absolute atomic E-state index is 0.306. The number of hydrogen-bond donors (Lipinski definition) is 1. The van der Waals surface area contributed by atoms with Gasteiger partial charge in [-0.05, 0) is 55.0 Å². The van der Waals surface area contributed by atoms with E-state index in [4.69, 9.17) is 4.74 Å². The molecule has 1 amide bonds. The fourth-order valence-electron chi connectivity index (χ4n) is 2.76. The van der Waals surface area contributed by atoms with Crippen molar-refractivity contribution in [1.29, 1.82) is 0 Å². The molecule has 1 heterocycles. The molecule has 0 aliphatic rings. The number of carbonyl (C=O) groups is 1. The first-order valence-electron chi connectivity index (χ1n) is 9.57. The molecular weight excluding hydrogens is 422 g/mol. The quantitative estimate of drug-likeness (QED) is 0.305. The van der Waals surface area contributed by atoms with E-state index >= 15 is 0 Å². The summed E-state index contributed by atoms with van der Waals surface area (Å²) in [5.74, 6) is 0.849. The van der Waals surface area contributed by atoms with Crippen LogP contribution in [0.4, 0.5) is 8.78 Å². The van der Waals surface area contributed by atoms with Crippen molar-refractivity contribution in [2.45, 2.75) is 18.1 Å². The third-order valence-electron chi connectivity index (χ3n) is 4.29. The average molecular weight is 445 g/mol. The van der Waals surface area contributed by atoms with Gasteiger partial charge in [0.25, 0.3) is 0 Å². The van der Waals surface area contributed by atoms with Gasteiger partial charge in [0.05, 0.1) is 12.6 Å². The first-order chi connectivity index (χ1) is 14.9. The predicted octanol–water partition coefficient (Wildman–Crippen LogP) is 4.16. The number of aromatic nitrogens is 3. The van der Waals surface area contributed by atoms with E-state index in [9.17, 15) is 13.6 Å². The standard InChI is InChI=1S/C22H22F2N4O2S/c1-15(25-20(29)11-6-16-4-3-5-18(24)14-16)21-26-27-22(28(21)2)31-13-12-30-19-9-7-17(23)8-10-19/h3-11,14-15H,12-13H2,1-2H3,(H,25,29)/b11-6+. The van der Waals surface area contributed by atoms with E-state index < -0.39 is 0 Å².